The Morgan fingerprint density at radius 3 is 2.67 bits per heavy atom. The first-order chi connectivity index (χ1) is 9.94. The molecule has 0 aromatic heterocycles. The topological polar surface area (TPSA) is 30.5 Å². The Labute approximate surface area is 129 Å². The van der Waals surface area contributed by atoms with E-state index in [1.165, 1.54) is 12.8 Å². The van der Waals surface area contributed by atoms with Gasteiger partial charge in [0, 0.05) is 22.6 Å². The predicted molar refractivity (Wildman–Crippen MR) is 76.4 cm³/mol. The number of benzene rings is 1. The highest BCUT2D eigenvalue weighted by Crippen LogP contribution is 2.25. The third-order valence-corrected chi connectivity index (χ3v) is 3.43. The first-order valence-electron chi connectivity index (χ1n) is 6.73. The molecular formula is C14H17BrF3NO2. The Hall–Kier alpha value is -0.790. The molecule has 1 N–H and O–H groups in total. The largest absolute Gasteiger partial charge is 0.491 e. The van der Waals surface area contributed by atoms with Crippen LogP contribution in [0.4, 0.5) is 13.2 Å². The summed E-state index contributed by atoms with van der Waals surface area (Å²) in [6.07, 6.45) is -1.91. The molecule has 0 unspecified atom stereocenters. The maximum Gasteiger partial charge on any atom is 0.411 e. The number of hydrogen-bond donors (Lipinski definition) is 1. The molecule has 1 aromatic carbocycles. The van der Waals surface area contributed by atoms with Crippen molar-refractivity contribution >= 4 is 15.9 Å². The predicted octanol–water partition coefficient (Wildman–Crippen LogP) is 3.66. The summed E-state index contributed by atoms with van der Waals surface area (Å²) in [7, 11) is 0. The van der Waals surface area contributed by atoms with Gasteiger partial charge >= 0.3 is 6.18 Å². The van der Waals surface area contributed by atoms with Crippen LogP contribution in [0.1, 0.15) is 18.4 Å². The van der Waals surface area contributed by atoms with Gasteiger partial charge in [0.05, 0.1) is 6.61 Å². The maximum absolute atomic E-state index is 11.9. The van der Waals surface area contributed by atoms with Gasteiger partial charge in [-0.05, 0) is 31.0 Å². The van der Waals surface area contributed by atoms with Crippen LogP contribution in [0.2, 0.25) is 0 Å². The average Bonchev–Trinajstić information content (AvgIpc) is 3.20. The molecular weight excluding hydrogens is 351 g/mol. The second-order valence-electron chi connectivity index (χ2n) is 4.92. The molecule has 3 nitrogen and oxygen atoms in total. The van der Waals surface area contributed by atoms with Crippen LogP contribution >= 0.6 is 15.9 Å². The summed E-state index contributed by atoms with van der Waals surface area (Å²) in [6.45, 7) is -0.561. The summed E-state index contributed by atoms with van der Waals surface area (Å²) in [6, 6.07) is 6.16. The molecule has 0 amide bonds. The summed E-state index contributed by atoms with van der Waals surface area (Å²) in [4.78, 5) is 0. The lowest BCUT2D eigenvalue weighted by Crippen LogP contribution is -2.20. The van der Waals surface area contributed by atoms with E-state index in [0.717, 1.165) is 10.0 Å². The zero-order valence-electron chi connectivity index (χ0n) is 11.4. The number of nitrogens with one attached hydrogen (secondary N) is 1. The van der Waals surface area contributed by atoms with E-state index in [2.05, 4.69) is 26.0 Å². The van der Waals surface area contributed by atoms with Crippen molar-refractivity contribution in [2.45, 2.75) is 31.6 Å². The van der Waals surface area contributed by atoms with Crippen LogP contribution in [0.25, 0.3) is 0 Å². The van der Waals surface area contributed by atoms with E-state index in [1.807, 2.05) is 12.1 Å². The van der Waals surface area contributed by atoms with Crippen molar-refractivity contribution in [3.63, 3.8) is 0 Å². The van der Waals surface area contributed by atoms with Crippen LogP contribution in [0.3, 0.4) is 0 Å². The standard InChI is InChI=1S/C14H17BrF3NO2/c15-11-1-4-13(10(7-11)8-19-12-2-3-12)21-6-5-20-9-14(16,17)18/h1,4,7,12,19H,2-3,5-6,8-9H2. The van der Waals surface area contributed by atoms with Crippen LogP contribution in [-0.2, 0) is 11.3 Å². The molecule has 0 spiro atoms. The van der Waals surface area contributed by atoms with E-state index in [1.54, 1.807) is 6.07 Å². The molecule has 1 saturated carbocycles. The Kier molecular flexibility index (Phi) is 5.89. The number of ether oxygens (including phenoxy) is 2. The van der Waals surface area contributed by atoms with E-state index in [9.17, 15) is 13.2 Å². The van der Waals surface area contributed by atoms with Gasteiger partial charge in [0.1, 0.15) is 19.0 Å². The van der Waals surface area contributed by atoms with Gasteiger partial charge in [0.25, 0.3) is 0 Å². The van der Waals surface area contributed by atoms with Crippen molar-refractivity contribution in [3.05, 3.63) is 28.2 Å². The highest BCUT2D eigenvalue weighted by atomic mass is 79.9. The van der Waals surface area contributed by atoms with Crippen molar-refractivity contribution in [1.82, 2.24) is 5.32 Å². The summed E-state index contributed by atoms with van der Waals surface area (Å²) in [5, 5.41) is 3.38. The zero-order chi connectivity index (χ0) is 15.3. The molecule has 0 aliphatic heterocycles. The Balaban J connectivity index is 1.78. The van der Waals surface area contributed by atoms with Crippen molar-refractivity contribution in [2.75, 3.05) is 19.8 Å². The van der Waals surface area contributed by atoms with E-state index in [4.69, 9.17) is 4.74 Å². The van der Waals surface area contributed by atoms with Gasteiger partial charge in [0.15, 0.2) is 0 Å². The van der Waals surface area contributed by atoms with Crippen molar-refractivity contribution in [1.29, 1.82) is 0 Å². The minimum Gasteiger partial charge on any atom is -0.491 e. The normalized spacial score (nSPS) is 15.2. The van der Waals surface area contributed by atoms with Crippen LogP contribution in [0.15, 0.2) is 22.7 Å². The molecule has 0 saturated heterocycles. The summed E-state index contributed by atoms with van der Waals surface area (Å²) < 4.78 is 46.7. The first kappa shape index (κ1) is 16.6. The molecule has 1 fully saturated rings. The quantitative estimate of drug-likeness (QED) is 0.711. The van der Waals surface area contributed by atoms with Crippen molar-refractivity contribution in [2.24, 2.45) is 0 Å². The molecule has 118 valence electrons. The molecule has 0 bridgehead atoms. The number of halogens is 4. The third kappa shape index (κ3) is 6.67. The molecule has 0 heterocycles. The van der Waals surface area contributed by atoms with E-state index in [0.29, 0.717) is 18.3 Å². The summed E-state index contributed by atoms with van der Waals surface area (Å²) >= 11 is 3.40. The van der Waals surface area contributed by atoms with Crippen molar-refractivity contribution < 1.29 is 22.6 Å². The number of rotatable bonds is 8. The fourth-order valence-corrected chi connectivity index (χ4v) is 2.18. The monoisotopic (exact) mass is 367 g/mol. The van der Waals surface area contributed by atoms with Crippen LogP contribution in [0, 0.1) is 0 Å². The van der Waals surface area contributed by atoms with E-state index >= 15 is 0 Å². The highest BCUT2D eigenvalue weighted by molar-refractivity contribution is 9.10. The number of hydrogen-bond acceptors (Lipinski definition) is 3. The zero-order valence-corrected chi connectivity index (χ0v) is 13.0. The second kappa shape index (κ2) is 7.47. The smallest absolute Gasteiger partial charge is 0.411 e. The van der Waals surface area contributed by atoms with Gasteiger partial charge in [-0.3, -0.25) is 0 Å². The van der Waals surface area contributed by atoms with E-state index < -0.39 is 12.8 Å². The Bertz CT molecular complexity index is 464. The fourth-order valence-electron chi connectivity index (χ4n) is 1.77. The van der Waals surface area contributed by atoms with Crippen LogP contribution < -0.4 is 10.1 Å². The van der Waals surface area contributed by atoms with Crippen LogP contribution in [0.5, 0.6) is 5.75 Å². The van der Waals surface area contributed by atoms with Gasteiger partial charge in [-0.1, -0.05) is 15.9 Å². The van der Waals surface area contributed by atoms with Crippen LogP contribution in [-0.4, -0.2) is 32.0 Å². The third-order valence-electron chi connectivity index (χ3n) is 2.93. The van der Waals surface area contributed by atoms with Gasteiger partial charge in [-0.15, -0.1) is 0 Å². The average molecular weight is 368 g/mol. The molecule has 1 aromatic rings. The van der Waals surface area contributed by atoms with Crippen molar-refractivity contribution in [3.8, 4) is 5.75 Å². The molecule has 1 aliphatic carbocycles. The highest BCUT2D eigenvalue weighted by Gasteiger charge is 2.27. The minimum atomic E-state index is -4.29. The Morgan fingerprint density at radius 1 is 1.24 bits per heavy atom. The van der Waals surface area contributed by atoms with Gasteiger partial charge in [-0.2, -0.15) is 13.2 Å². The molecule has 1 aliphatic rings. The minimum absolute atomic E-state index is 0.0914. The SMILES string of the molecule is FC(F)(F)COCCOc1ccc(Br)cc1CNC1CC1. The lowest BCUT2D eigenvalue weighted by molar-refractivity contribution is -0.175. The molecule has 21 heavy (non-hydrogen) atoms. The maximum atomic E-state index is 11.9. The van der Waals surface area contributed by atoms with E-state index in [-0.39, 0.29) is 13.2 Å². The lowest BCUT2D eigenvalue weighted by atomic mass is 10.2. The van der Waals surface area contributed by atoms with Gasteiger partial charge in [0.2, 0.25) is 0 Å². The van der Waals surface area contributed by atoms with Gasteiger partial charge < -0.3 is 14.8 Å². The molecule has 2 rings (SSSR count). The Morgan fingerprint density at radius 2 is 2.00 bits per heavy atom. The molecule has 7 heteroatoms. The molecule has 0 atom stereocenters. The lowest BCUT2D eigenvalue weighted by Gasteiger charge is -2.13. The summed E-state index contributed by atoms with van der Waals surface area (Å²) in [5.41, 5.74) is 0.979. The first-order valence-corrected chi connectivity index (χ1v) is 7.52. The van der Waals surface area contributed by atoms with Gasteiger partial charge in [-0.25, -0.2) is 0 Å². The second-order valence-corrected chi connectivity index (χ2v) is 5.84. The molecule has 0 radical (unpaired) electrons. The number of alkyl halides is 3. The summed E-state index contributed by atoms with van der Waals surface area (Å²) in [5.74, 6) is 0.668. The fraction of sp³-hybridized carbons (Fsp3) is 0.571.